The summed E-state index contributed by atoms with van der Waals surface area (Å²) in [6, 6.07) is 5.92. The van der Waals surface area contributed by atoms with Crippen molar-refractivity contribution in [2.45, 2.75) is 19.4 Å². The van der Waals surface area contributed by atoms with Gasteiger partial charge in [0.15, 0.2) is 0 Å². The molecule has 0 aliphatic rings. The fourth-order valence-electron chi connectivity index (χ4n) is 1.68. The van der Waals surface area contributed by atoms with Crippen LogP contribution in [0.2, 0.25) is 0 Å². The Kier molecular flexibility index (Phi) is 3.71. The van der Waals surface area contributed by atoms with Gasteiger partial charge >= 0.3 is 0 Å². The van der Waals surface area contributed by atoms with Gasteiger partial charge < -0.3 is 0 Å². The van der Waals surface area contributed by atoms with Crippen molar-refractivity contribution in [3.63, 3.8) is 0 Å². The first-order chi connectivity index (χ1) is 8.76. The number of fused-ring (bicyclic) bond motifs is 1. The molecule has 2 heterocycles. The van der Waals surface area contributed by atoms with Crippen LogP contribution in [0.3, 0.4) is 0 Å². The summed E-state index contributed by atoms with van der Waals surface area (Å²) in [6.45, 7) is 0.290. The molecule has 0 fully saturated rings. The summed E-state index contributed by atoms with van der Waals surface area (Å²) in [5.41, 5.74) is 0.569. The first-order valence-electron chi connectivity index (χ1n) is 5.45. The van der Waals surface area contributed by atoms with Gasteiger partial charge in [0.25, 0.3) is 5.56 Å². The van der Waals surface area contributed by atoms with Crippen LogP contribution in [0, 0.1) is 28.6 Å². The molecule has 0 saturated heterocycles. The van der Waals surface area contributed by atoms with Crippen molar-refractivity contribution >= 4 is 21.6 Å². The predicted octanol–water partition coefficient (Wildman–Crippen LogP) is 1.90. The highest BCUT2D eigenvalue weighted by atomic mass is 32.1. The Hall–Kier alpha value is -2.18. The summed E-state index contributed by atoms with van der Waals surface area (Å²) >= 11 is 1.35. The smallest absolute Gasteiger partial charge is 0.271 e. The highest BCUT2D eigenvalue weighted by Gasteiger charge is 2.11. The Morgan fingerprint density at radius 2 is 2.33 bits per heavy atom. The van der Waals surface area contributed by atoms with Gasteiger partial charge in [-0.3, -0.25) is 9.36 Å². The highest BCUT2D eigenvalue weighted by Crippen LogP contribution is 2.14. The van der Waals surface area contributed by atoms with Crippen molar-refractivity contribution < 1.29 is 0 Å². The number of hydrogen-bond donors (Lipinski definition) is 0. The molecule has 0 spiro atoms. The van der Waals surface area contributed by atoms with Gasteiger partial charge in [0.2, 0.25) is 0 Å². The van der Waals surface area contributed by atoms with E-state index in [-0.39, 0.29) is 18.0 Å². The number of aromatic nitrogens is 2. The molecule has 0 amide bonds. The first-order valence-corrected chi connectivity index (χ1v) is 6.33. The van der Waals surface area contributed by atoms with Crippen LogP contribution in [0.4, 0.5) is 0 Å². The molecule has 6 heteroatoms. The summed E-state index contributed by atoms with van der Waals surface area (Å²) in [5, 5.41) is 19.3. The zero-order valence-electron chi connectivity index (χ0n) is 9.54. The van der Waals surface area contributed by atoms with Crippen molar-refractivity contribution in [3.8, 4) is 12.1 Å². The van der Waals surface area contributed by atoms with Gasteiger partial charge in [0, 0.05) is 13.0 Å². The molecule has 0 N–H and O–H groups in total. The normalized spacial score (nSPS) is 11.9. The fraction of sp³-hybridized carbons (Fsp3) is 0.333. The van der Waals surface area contributed by atoms with Crippen LogP contribution in [0.15, 0.2) is 22.6 Å². The Bertz CT molecular complexity index is 688. The standard InChI is InChI=1S/C12H10N4OS/c13-4-1-2-9(6-14)7-16-8-15-10-3-5-18-11(10)12(16)17/h3,5,8-9H,1-2,7H2. The van der Waals surface area contributed by atoms with E-state index in [1.807, 2.05) is 11.4 Å². The Balaban J connectivity index is 2.26. The highest BCUT2D eigenvalue weighted by molar-refractivity contribution is 7.17. The van der Waals surface area contributed by atoms with Crippen LogP contribution in [-0.4, -0.2) is 9.55 Å². The molecule has 18 heavy (non-hydrogen) atoms. The Morgan fingerprint density at radius 1 is 1.50 bits per heavy atom. The Morgan fingerprint density at radius 3 is 3.06 bits per heavy atom. The zero-order chi connectivity index (χ0) is 13.0. The summed E-state index contributed by atoms with van der Waals surface area (Å²) < 4.78 is 2.05. The predicted molar refractivity (Wildman–Crippen MR) is 67.8 cm³/mol. The van der Waals surface area contributed by atoms with Gasteiger partial charge in [0.1, 0.15) is 4.70 Å². The third kappa shape index (κ3) is 2.39. The molecular formula is C12H10N4OS. The minimum absolute atomic E-state index is 0.118. The van der Waals surface area contributed by atoms with E-state index in [0.29, 0.717) is 23.1 Å². The average Bonchev–Trinajstić information content (AvgIpc) is 2.86. The van der Waals surface area contributed by atoms with Crippen molar-refractivity contribution in [1.29, 1.82) is 10.5 Å². The minimum Gasteiger partial charge on any atom is -0.297 e. The van der Waals surface area contributed by atoms with E-state index in [4.69, 9.17) is 10.5 Å². The lowest BCUT2D eigenvalue weighted by Gasteiger charge is -2.08. The quantitative estimate of drug-likeness (QED) is 0.838. The summed E-state index contributed by atoms with van der Waals surface area (Å²) in [5.74, 6) is -0.332. The van der Waals surface area contributed by atoms with Crippen molar-refractivity contribution in [1.82, 2.24) is 9.55 Å². The first kappa shape index (κ1) is 12.3. The van der Waals surface area contributed by atoms with E-state index in [9.17, 15) is 4.79 Å². The summed E-state index contributed by atoms with van der Waals surface area (Å²) in [6.07, 6.45) is 2.26. The summed E-state index contributed by atoms with van der Waals surface area (Å²) in [4.78, 5) is 16.2. The van der Waals surface area contributed by atoms with E-state index in [2.05, 4.69) is 11.1 Å². The second kappa shape index (κ2) is 5.44. The van der Waals surface area contributed by atoms with E-state index in [0.717, 1.165) is 0 Å². The second-order valence-corrected chi connectivity index (χ2v) is 4.78. The molecule has 1 atom stereocenters. The molecular weight excluding hydrogens is 248 g/mol. The van der Waals surface area contributed by atoms with E-state index >= 15 is 0 Å². The second-order valence-electron chi connectivity index (χ2n) is 3.86. The molecule has 0 aliphatic heterocycles. The van der Waals surface area contributed by atoms with Crippen LogP contribution in [-0.2, 0) is 6.54 Å². The van der Waals surface area contributed by atoms with Crippen LogP contribution >= 0.6 is 11.3 Å². The van der Waals surface area contributed by atoms with Crippen LogP contribution in [0.25, 0.3) is 10.2 Å². The molecule has 1 unspecified atom stereocenters. The SMILES string of the molecule is N#CCCC(C#N)Cn1cnc2ccsc2c1=O. The maximum Gasteiger partial charge on any atom is 0.271 e. The van der Waals surface area contributed by atoms with Crippen molar-refractivity contribution in [2.75, 3.05) is 0 Å². The molecule has 0 saturated carbocycles. The lowest BCUT2D eigenvalue weighted by molar-refractivity contribution is 0.499. The lowest BCUT2D eigenvalue weighted by atomic mass is 10.1. The number of rotatable bonds is 4. The molecule has 90 valence electrons. The van der Waals surface area contributed by atoms with Crippen LogP contribution in [0.5, 0.6) is 0 Å². The minimum atomic E-state index is -0.332. The molecule has 5 nitrogen and oxygen atoms in total. The van der Waals surface area contributed by atoms with E-state index in [1.54, 1.807) is 6.07 Å². The van der Waals surface area contributed by atoms with Gasteiger partial charge in [-0.05, 0) is 17.9 Å². The van der Waals surface area contributed by atoms with Crippen LogP contribution < -0.4 is 5.56 Å². The monoisotopic (exact) mass is 258 g/mol. The van der Waals surface area contributed by atoms with Gasteiger partial charge in [-0.2, -0.15) is 10.5 Å². The van der Waals surface area contributed by atoms with Gasteiger partial charge in [0.05, 0.1) is 29.9 Å². The Labute approximate surface area is 108 Å². The largest absolute Gasteiger partial charge is 0.297 e. The zero-order valence-corrected chi connectivity index (χ0v) is 10.4. The molecule has 2 aromatic heterocycles. The number of nitriles is 2. The fourth-order valence-corrected chi connectivity index (χ4v) is 2.47. The molecule has 0 aliphatic carbocycles. The topological polar surface area (TPSA) is 82.5 Å². The number of hydrogen-bond acceptors (Lipinski definition) is 5. The maximum absolute atomic E-state index is 12.1. The third-order valence-electron chi connectivity index (χ3n) is 2.64. The maximum atomic E-state index is 12.1. The number of nitrogens with zero attached hydrogens (tertiary/aromatic N) is 4. The lowest BCUT2D eigenvalue weighted by Crippen LogP contribution is -2.23. The van der Waals surface area contributed by atoms with Gasteiger partial charge in [-0.15, -0.1) is 11.3 Å². The molecule has 0 bridgehead atoms. The molecule has 2 rings (SSSR count). The van der Waals surface area contributed by atoms with Crippen molar-refractivity contribution in [3.05, 3.63) is 28.1 Å². The van der Waals surface area contributed by atoms with E-state index in [1.165, 1.54) is 22.2 Å². The molecule has 0 radical (unpaired) electrons. The summed E-state index contributed by atoms with van der Waals surface area (Å²) in [7, 11) is 0. The van der Waals surface area contributed by atoms with Gasteiger partial charge in [-0.25, -0.2) is 4.98 Å². The third-order valence-corrected chi connectivity index (χ3v) is 3.53. The van der Waals surface area contributed by atoms with E-state index < -0.39 is 0 Å². The van der Waals surface area contributed by atoms with Crippen LogP contribution in [0.1, 0.15) is 12.8 Å². The molecule has 2 aromatic rings. The molecule has 0 aromatic carbocycles. The average molecular weight is 258 g/mol. The van der Waals surface area contributed by atoms with Gasteiger partial charge in [-0.1, -0.05) is 0 Å². The number of thiophene rings is 1. The van der Waals surface area contributed by atoms with Crippen molar-refractivity contribution in [2.24, 2.45) is 5.92 Å².